The van der Waals surface area contributed by atoms with E-state index in [0.717, 1.165) is 33.6 Å². The van der Waals surface area contributed by atoms with Gasteiger partial charge in [-0.05, 0) is 28.7 Å². The number of nitrogens with one attached hydrogen (secondary N) is 1. The molecule has 3 aromatic rings. The van der Waals surface area contributed by atoms with Crippen molar-refractivity contribution in [3.8, 4) is 11.1 Å². The van der Waals surface area contributed by atoms with E-state index in [1.165, 1.54) is 0 Å². The lowest BCUT2D eigenvalue weighted by molar-refractivity contribution is 0.0690. The Morgan fingerprint density at radius 1 is 1.11 bits per heavy atom. The number of ether oxygens (including phenoxy) is 1. The number of aromatic nitrogens is 1. The topological polar surface area (TPSA) is 88.5 Å². The zero-order valence-corrected chi connectivity index (χ0v) is 16.0. The van der Waals surface area contributed by atoms with Crippen LogP contribution in [-0.2, 0) is 11.2 Å². The Balaban J connectivity index is 1.48. The van der Waals surface area contributed by atoms with Gasteiger partial charge in [-0.25, -0.2) is 14.6 Å². The van der Waals surface area contributed by atoms with Crippen LogP contribution in [0.5, 0.6) is 0 Å². The van der Waals surface area contributed by atoms with Crippen molar-refractivity contribution in [1.82, 2.24) is 4.98 Å². The Kier molecular flexibility index (Phi) is 4.83. The second-order valence-corrected chi connectivity index (χ2v) is 7.48. The van der Waals surface area contributed by atoms with Crippen molar-refractivity contribution in [3.05, 3.63) is 70.2 Å². The molecule has 0 aliphatic heterocycles. The predicted octanol–water partition coefficient (Wildman–Crippen LogP) is 4.76. The number of carboxylic acids is 1. The highest BCUT2D eigenvalue weighted by Crippen LogP contribution is 2.44. The first-order valence-electron chi connectivity index (χ1n) is 8.93. The maximum Gasteiger partial charge on any atom is 0.413 e. The minimum atomic E-state index is -1.10. The SMILES string of the molecule is CCc1sc(NC(=O)OCC2c3ccccc3-c3ccccc32)nc1C(=O)O. The standard InChI is InChI=1S/C21H18N2O4S/c1-2-17-18(19(24)25)22-20(28-17)23-21(26)27-11-16-14-9-5-3-7-12(14)13-8-4-6-10-15(13)16/h3-10,16H,2,11H2,1H3,(H,24,25)(H,22,23,26). The Bertz CT molecular complexity index is 1010. The van der Waals surface area contributed by atoms with Crippen molar-refractivity contribution in [2.45, 2.75) is 19.3 Å². The second kappa shape index (κ2) is 7.44. The van der Waals surface area contributed by atoms with Gasteiger partial charge in [-0.15, -0.1) is 11.3 Å². The molecule has 6 nitrogen and oxygen atoms in total. The number of fused-ring (bicyclic) bond motifs is 3. The van der Waals surface area contributed by atoms with Crippen LogP contribution >= 0.6 is 11.3 Å². The largest absolute Gasteiger partial charge is 0.476 e. The van der Waals surface area contributed by atoms with E-state index in [1.54, 1.807) is 0 Å². The maximum atomic E-state index is 12.3. The molecule has 1 heterocycles. The first-order chi connectivity index (χ1) is 13.6. The summed E-state index contributed by atoms with van der Waals surface area (Å²) in [5, 5.41) is 12.0. The lowest BCUT2D eigenvalue weighted by Gasteiger charge is -2.14. The minimum absolute atomic E-state index is 0.0264. The van der Waals surface area contributed by atoms with E-state index in [4.69, 9.17) is 4.74 Å². The van der Waals surface area contributed by atoms with Crippen LogP contribution in [0, 0.1) is 0 Å². The third-order valence-corrected chi connectivity index (χ3v) is 5.89. The molecule has 0 spiro atoms. The molecular weight excluding hydrogens is 376 g/mol. The van der Waals surface area contributed by atoms with E-state index < -0.39 is 12.1 Å². The van der Waals surface area contributed by atoms with Gasteiger partial charge in [0, 0.05) is 10.8 Å². The number of thiazole rings is 1. The summed E-state index contributed by atoms with van der Waals surface area (Å²) >= 11 is 1.15. The Labute approximate surface area is 165 Å². The zero-order valence-electron chi connectivity index (χ0n) is 15.1. The number of carbonyl (C=O) groups excluding carboxylic acids is 1. The van der Waals surface area contributed by atoms with Crippen LogP contribution in [0.4, 0.5) is 9.93 Å². The maximum absolute atomic E-state index is 12.3. The summed E-state index contributed by atoms with van der Waals surface area (Å²) in [6.45, 7) is 2.04. The number of nitrogens with zero attached hydrogens (tertiary/aromatic N) is 1. The Hall–Kier alpha value is -3.19. The van der Waals surface area contributed by atoms with Gasteiger partial charge in [0.15, 0.2) is 10.8 Å². The van der Waals surface area contributed by atoms with E-state index in [-0.39, 0.29) is 23.4 Å². The smallest absolute Gasteiger partial charge is 0.413 e. The quantitative estimate of drug-likeness (QED) is 0.651. The van der Waals surface area contributed by atoms with Crippen molar-refractivity contribution in [3.63, 3.8) is 0 Å². The molecule has 0 atom stereocenters. The molecule has 0 saturated carbocycles. The summed E-state index contributed by atoms with van der Waals surface area (Å²) in [7, 11) is 0. The average molecular weight is 394 g/mol. The molecule has 0 saturated heterocycles. The number of carboxylic acid groups (broad SMARTS) is 1. The third-order valence-electron chi connectivity index (χ3n) is 4.77. The lowest BCUT2D eigenvalue weighted by Crippen LogP contribution is -2.18. The number of carbonyl (C=O) groups is 2. The summed E-state index contributed by atoms with van der Waals surface area (Å²) < 4.78 is 5.46. The van der Waals surface area contributed by atoms with E-state index in [1.807, 2.05) is 31.2 Å². The summed E-state index contributed by atoms with van der Waals surface area (Å²) in [6, 6.07) is 16.2. The van der Waals surface area contributed by atoms with Gasteiger partial charge in [0.05, 0.1) is 0 Å². The third kappa shape index (κ3) is 3.25. The van der Waals surface area contributed by atoms with Crippen LogP contribution in [0.1, 0.15) is 39.3 Å². The van der Waals surface area contributed by atoms with Gasteiger partial charge >= 0.3 is 12.1 Å². The van der Waals surface area contributed by atoms with E-state index >= 15 is 0 Å². The average Bonchev–Trinajstić information content (AvgIpc) is 3.25. The van der Waals surface area contributed by atoms with Crippen molar-refractivity contribution in [2.75, 3.05) is 11.9 Å². The molecule has 7 heteroatoms. The molecule has 1 amide bonds. The first kappa shape index (κ1) is 18.2. The Morgan fingerprint density at radius 2 is 1.71 bits per heavy atom. The number of rotatable bonds is 5. The molecule has 0 radical (unpaired) electrons. The van der Waals surface area contributed by atoms with Crippen molar-refractivity contribution >= 4 is 28.5 Å². The molecule has 0 unspecified atom stereocenters. The van der Waals surface area contributed by atoms with Gasteiger partial charge in [-0.2, -0.15) is 0 Å². The number of anilines is 1. The fraction of sp³-hybridized carbons (Fsp3) is 0.190. The van der Waals surface area contributed by atoms with E-state index in [2.05, 4.69) is 34.6 Å². The van der Waals surface area contributed by atoms with Gasteiger partial charge in [0.2, 0.25) is 0 Å². The number of aryl methyl sites for hydroxylation is 1. The van der Waals surface area contributed by atoms with Gasteiger partial charge in [-0.1, -0.05) is 55.5 Å². The van der Waals surface area contributed by atoms with Crippen molar-refractivity contribution in [1.29, 1.82) is 0 Å². The van der Waals surface area contributed by atoms with Gasteiger partial charge in [-0.3, -0.25) is 5.32 Å². The number of amides is 1. The highest BCUT2D eigenvalue weighted by atomic mass is 32.1. The molecular formula is C21H18N2O4S. The van der Waals surface area contributed by atoms with Crippen LogP contribution < -0.4 is 5.32 Å². The van der Waals surface area contributed by atoms with Crippen LogP contribution in [0.3, 0.4) is 0 Å². The minimum Gasteiger partial charge on any atom is -0.476 e. The summed E-state index contributed by atoms with van der Waals surface area (Å²) in [5.74, 6) is -1.14. The first-order valence-corrected chi connectivity index (χ1v) is 9.75. The highest BCUT2D eigenvalue weighted by Gasteiger charge is 2.29. The Morgan fingerprint density at radius 3 is 2.25 bits per heavy atom. The van der Waals surface area contributed by atoms with Gasteiger partial charge in [0.1, 0.15) is 6.61 Å². The molecule has 2 N–H and O–H groups in total. The molecule has 4 rings (SSSR count). The van der Waals surface area contributed by atoms with Gasteiger partial charge in [0.25, 0.3) is 0 Å². The predicted molar refractivity (Wildman–Crippen MR) is 107 cm³/mol. The number of aromatic carboxylic acids is 1. The fourth-order valence-electron chi connectivity index (χ4n) is 3.53. The molecule has 28 heavy (non-hydrogen) atoms. The molecule has 1 aliphatic carbocycles. The second-order valence-electron chi connectivity index (χ2n) is 6.40. The van der Waals surface area contributed by atoms with Crippen molar-refractivity contribution in [2.24, 2.45) is 0 Å². The lowest BCUT2D eigenvalue weighted by atomic mass is 9.98. The van der Waals surface area contributed by atoms with Crippen molar-refractivity contribution < 1.29 is 19.4 Å². The molecule has 1 aromatic heterocycles. The normalized spacial score (nSPS) is 12.3. The molecule has 1 aliphatic rings. The van der Waals surface area contributed by atoms with Crippen LogP contribution in [-0.4, -0.2) is 28.8 Å². The zero-order chi connectivity index (χ0) is 19.7. The van der Waals surface area contributed by atoms with E-state index in [0.29, 0.717) is 11.3 Å². The number of benzene rings is 2. The number of hydrogen-bond donors (Lipinski definition) is 2. The fourth-order valence-corrected chi connectivity index (χ4v) is 4.41. The highest BCUT2D eigenvalue weighted by molar-refractivity contribution is 7.16. The molecule has 0 bridgehead atoms. The number of hydrogen-bond acceptors (Lipinski definition) is 5. The van der Waals surface area contributed by atoms with Crippen LogP contribution in [0.2, 0.25) is 0 Å². The van der Waals surface area contributed by atoms with Gasteiger partial charge < -0.3 is 9.84 Å². The molecule has 2 aromatic carbocycles. The summed E-state index contributed by atoms with van der Waals surface area (Å²) in [6.07, 6.45) is -0.110. The van der Waals surface area contributed by atoms with Crippen LogP contribution in [0.15, 0.2) is 48.5 Å². The summed E-state index contributed by atoms with van der Waals surface area (Å²) in [4.78, 5) is 28.1. The summed E-state index contributed by atoms with van der Waals surface area (Å²) in [5.41, 5.74) is 4.55. The van der Waals surface area contributed by atoms with E-state index in [9.17, 15) is 14.7 Å². The molecule has 142 valence electrons. The molecule has 0 fully saturated rings. The monoisotopic (exact) mass is 394 g/mol. The van der Waals surface area contributed by atoms with Crippen LogP contribution in [0.25, 0.3) is 11.1 Å².